The number of nitrogens with two attached hydrogens (primary N) is 5. The maximum absolute atomic E-state index is 14.5. The van der Waals surface area contributed by atoms with Gasteiger partial charge in [0.05, 0.1) is 32.6 Å². The number of carboxylic acid groups (broad SMARTS) is 2. The highest BCUT2D eigenvalue weighted by Crippen LogP contribution is 2.14. The molecule has 1 aromatic heterocycles. The number of nitrogens with one attached hydrogen (secondary N) is 12. The first-order chi connectivity index (χ1) is 44.9. The van der Waals surface area contributed by atoms with Gasteiger partial charge in [-0.1, -0.05) is 64.4 Å². The van der Waals surface area contributed by atoms with Gasteiger partial charge in [-0.15, -0.1) is 0 Å². The summed E-state index contributed by atoms with van der Waals surface area (Å²) in [5, 5.41) is 54.5. The number of imidazole rings is 1. The second kappa shape index (κ2) is 43.5. The number of aliphatic imine (C=N–C) groups is 1. The Labute approximate surface area is 549 Å². The lowest BCUT2D eigenvalue weighted by Crippen LogP contribution is -2.63. The molecule has 95 heavy (non-hydrogen) atoms. The summed E-state index contributed by atoms with van der Waals surface area (Å²) in [6.07, 6.45) is 1.51. The van der Waals surface area contributed by atoms with Crippen molar-refractivity contribution in [3.05, 3.63) is 54.1 Å². The van der Waals surface area contributed by atoms with Gasteiger partial charge in [0, 0.05) is 44.1 Å². The third-order valence-corrected chi connectivity index (χ3v) is 14.8. The molecule has 25 N–H and O–H groups in total. The molecule has 36 nitrogen and oxygen atoms in total. The fourth-order valence-corrected chi connectivity index (χ4v) is 9.19. The molecule has 0 saturated carbocycles. The SMILES string of the molecule is CC[C@H](C)[C@H](NC(=O)[C@H](CO)NC(=O)[C@H](Cc1cnc[nH]1)NC(=O)[C@H](Cc1ccccc1)NC(=O)[C@H](CC(C)C)NC(=O)[C@@H](N)CCC(=O)O)C(=O)N[C@@H](CNOC)C(=O)N[C@@H](CCC(=O)O)C(=O)N[C@@H](CCCCN)C(=O)N[C@@H](C)C(=O)N[C@@H](CCCN=C(N)N)C(N)=O. The van der Waals surface area contributed by atoms with E-state index in [1.165, 1.54) is 26.6 Å². The van der Waals surface area contributed by atoms with Crippen LogP contribution in [0.5, 0.6) is 0 Å². The molecule has 11 amide bonds. The molecular formula is C59H97N19O17. The van der Waals surface area contributed by atoms with Crippen molar-refractivity contribution in [2.45, 2.75) is 185 Å². The number of aliphatic hydroxyl groups is 1. The molecule has 0 unspecified atom stereocenters. The Hall–Kier alpha value is -9.39. The van der Waals surface area contributed by atoms with Gasteiger partial charge in [-0.2, -0.15) is 0 Å². The molecule has 0 saturated heterocycles. The summed E-state index contributed by atoms with van der Waals surface area (Å²) in [4.78, 5) is 191. The normalized spacial score (nSPS) is 14.9. The number of unbranched alkanes of at least 4 members (excludes halogenated alkanes) is 1. The first-order valence-electron chi connectivity index (χ1n) is 31.1. The summed E-state index contributed by atoms with van der Waals surface area (Å²) in [6.45, 7) is 6.83. The predicted molar refractivity (Wildman–Crippen MR) is 342 cm³/mol. The number of aromatic nitrogens is 2. The smallest absolute Gasteiger partial charge is 0.303 e. The Balaban J connectivity index is 2.44. The number of carbonyl (C=O) groups is 13. The zero-order chi connectivity index (χ0) is 71.3. The average Bonchev–Trinajstić information content (AvgIpc) is 1.74. The number of H-pyrrole nitrogens is 1. The average molecular weight is 1340 g/mol. The molecule has 1 heterocycles. The number of primary amides is 1. The molecule has 2 aromatic rings. The van der Waals surface area contributed by atoms with E-state index in [2.05, 4.69) is 73.6 Å². The van der Waals surface area contributed by atoms with Crippen LogP contribution < -0.4 is 87.3 Å². The Kier molecular flexibility index (Phi) is 37.4. The van der Waals surface area contributed by atoms with Crippen LogP contribution in [0, 0.1) is 11.8 Å². The Morgan fingerprint density at radius 1 is 0.579 bits per heavy atom. The molecule has 36 heteroatoms. The van der Waals surface area contributed by atoms with Crippen LogP contribution >= 0.6 is 0 Å². The summed E-state index contributed by atoms with van der Waals surface area (Å²) >= 11 is 0. The number of carboxylic acids is 2. The number of nitrogens with zero attached hydrogens (tertiary/aromatic N) is 2. The van der Waals surface area contributed by atoms with E-state index >= 15 is 0 Å². The van der Waals surface area contributed by atoms with Crippen molar-refractivity contribution >= 4 is 82.9 Å². The van der Waals surface area contributed by atoms with Crippen LogP contribution in [0.4, 0.5) is 0 Å². The van der Waals surface area contributed by atoms with Crippen LogP contribution in [-0.4, -0.2) is 208 Å². The van der Waals surface area contributed by atoms with Gasteiger partial charge in [0.25, 0.3) is 0 Å². The highest BCUT2D eigenvalue weighted by molar-refractivity contribution is 5.99. The number of carbonyl (C=O) groups excluding carboxylic acids is 11. The van der Waals surface area contributed by atoms with Crippen molar-refractivity contribution in [2.24, 2.45) is 45.5 Å². The molecule has 12 atom stereocenters. The van der Waals surface area contributed by atoms with Crippen LogP contribution in [0.25, 0.3) is 0 Å². The Morgan fingerprint density at radius 3 is 1.63 bits per heavy atom. The van der Waals surface area contributed by atoms with E-state index < -0.39 is 182 Å². The monoisotopic (exact) mass is 1340 g/mol. The lowest BCUT2D eigenvalue weighted by molar-refractivity contribution is -0.139. The van der Waals surface area contributed by atoms with Gasteiger partial charge in [0.15, 0.2) is 5.96 Å². The molecular weight excluding hydrogens is 1250 g/mol. The summed E-state index contributed by atoms with van der Waals surface area (Å²) in [5.74, 6) is -14.1. The van der Waals surface area contributed by atoms with E-state index in [4.69, 9.17) is 38.6 Å². The third-order valence-electron chi connectivity index (χ3n) is 14.8. The number of benzene rings is 1. The number of aliphatic carboxylic acids is 2. The van der Waals surface area contributed by atoms with E-state index in [9.17, 15) is 72.5 Å². The summed E-state index contributed by atoms with van der Waals surface area (Å²) in [5.41, 5.74) is 31.1. The van der Waals surface area contributed by atoms with Crippen LogP contribution in [0.2, 0.25) is 0 Å². The quantitative estimate of drug-likeness (QED) is 0.0127. The molecule has 0 aliphatic rings. The largest absolute Gasteiger partial charge is 0.481 e. The minimum absolute atomic E-state index is 0.0468. The lowest BCUT2D eigenvalue weighted by atomic mass is 9.97. The van der Waals surface area contributed by atoms with Crippen molar-refractivity contribution in [1.29, 1.82) is 0 Å². The minimum atomic E-state index is -1.82. The summed E-state index contributed by atoms with van der Waals surface area (Å²) in [7, 11) is 1.19. The van der Waals surface area contributed by atoms with Gasteiger partial charge in [-0.3, -0.25) is 67.3 Å². The highest BCUT2D eigenvalue weighted by Gasteiger charge is 2.37. The zero-order valence-electron chi connectivity index (χ0n) is 54.4. The Bertz CT molecular complexity index is 2860. The molecule has 0 spiro atoms. The van der Waals surface area contributed by atoms with E-state index in [-0.39, 0.29) is 82.8 Å². The Morgan fingerprint density at radius 2 is 1.08 bits per heavy atom. The number of aromatic amines is 1. The van der Waals surface area contributed by atoms with Crippen LogP contribution in [0.15, 0.2) is 47.8 Å². The molecule has 530 valence electrons. The van der Waals surface area contributed by atoms with Crippen LogP contribution in [0.1, 0.15) is 117 Å². The van der Waals surface area contributed by atoms with E-state index in [1.54, 1.807) is 58.0 Å². The zero-order valence-corrected chi connectivity index (χ0v) is 54.4. The third kappa shape index (κ3) is 31.4. The number of hydroxylamine groups is 1. The number of amides is 11. The van der Waals surface area contributed by atoms with Gasteiger partial charge < -0.3 is 107 Å². The number of hydrogen-bond donors (Lipinski definition) is 20. The first kappa shape index (κ1) is 81.7. The molecule has 0 radical (unpaired) electrons. The second-order valence-corrected chi connectivity index (χ2v) is 23.0. The maximum atomic E-state index is 14.5. The maximum Gasteiger partial charge on any atom is 0.303 e. The highest BCUT2D eigenvalue weighted by atomic mass is 16.6. The van der Waals surface area contributed by atoms with Gasteiger partial charge in [0.2, 0.25) is 65.0 Å². The molecule has 1 aromatic carbocycles. The van der Waals surface area contributed by atoms with Crippen molar-refractivity contribution < 1.29 is 82.5 Å². The van der Waals surface area contributed by atoms with Crippen molar-refractivity contribution in [3.63, 3.8) is 0 Å². The van der Waals surface area contributed by atoms with Crippen LogP contribution in [-0.2, 0) is 80.0 Å². The molecule has 0 aliphatic heterocycles. The van der Waals surface area contributed by atoms with Gasteiger partial charge in [-0.25, -0.2) is 10.5 Å². The van der Waals surface area contributed by atoms with Crippen LogP contribution in [0.3, 0.4) is 0 Å². The topological polar surface area (TPSA) is 595 Å². The summed E-state index contributed by atoms with van der Waals surface area (Å²) in [6, 6.07) is -7.64. The van der Waals surface area contributed by atoms with Gasteiger partial charge in [0.1, 0.15) is 60.4 Å². The van der Waals surface area contributed by atoms with Crippen molar-refractivity contribution in [3.8, 4) is 0 Å². The molecule has 0 fully saturated rings. The van der Waals surface area contributed by atoms with Crippen molar-refractivity contribution in [2.75, 3.05) is 33.4 Å². The molecule has 2 rings (SSSR count). The predicted octanol–water partition coefficient (Wildman–Crippen LogP) is -5.98. The number of guanidine groups is 1. The number of hydrogen-bond acceptors (Lipinski definition) is 20. The van der Waals surface area contributed by atoms with E-state index in [0.29, 0.717) is 17.7 Å². The fraction of sp³-hybridized carbons (Fsp3) is 0.610. The first-order valence-corrected chi connectivity index (χ1v) is 31.1. The summed E-state index contributed by atoms with van der Waals surface area (Å²) < 4.78 is 0. The minimum Gasteiger partial charge on any atom is -0.481 e. The lowest BCUT2D eigenvalue weighted by Gasteiger charge is -2.29. The molecule has 0 aliphatic carbocycles. The molecule has 0 bridgehead atoms. The van der Waals surface area contributed by atoms with Crippen molar-refractivity contribution in [1.82, 2.24) is 68.6 Å². The second-order valence-electron chi connectivity index (χ2n) is 23.0. The van der Waals surface area contributed by atoms with Gasteiger partial charge >= 0.3 is 11.9 Å². The number of aliphatic hydroxyl groups excluding tert-OH is 1. The standard InChI is InChI=1S/C59H97N19O17/c1-7-32(4)47(58(94)76-43(28-68-95-6)56(92)72-39(19-21-46(82)83)52(88)71-38(16-11-12-22-60)51(87)69-33(5)49(85)70-37(48(62)84)17-13-23-66-59(63)64)78-57(93)44(29-79)77-55(91)42(26-35-27-65-30-67-35)75-54(90)41(25-34-14-9-8-10-15-34)74-53(89)40(24-31(2)3)73-50(86)36(61)18-20-45(80)81/h8-10,14-15,27,30-33,36-44,47,68,79H,7,11-13,16-26,28-29,60-61H2,1-6H3,(H2,62,84)(H,65,67)(H,69,87)(H,70,85)(H,71,88)(H,72,92)(H,73,86)(H,74,89)(H,75,90)(H,76,94)(H,77,91)(H,78,93)(H,80,81)(H,82,83)(H4,63,64,66)/t32-,33-,36-,37-,38-,39-,40-,41-,42-,43-,44-,47-/m0/s1. The van der Waals surface area contributed by atoms with E-state index in [0.717, 1.165) is 0 Å². The van der Waals surface area contributed by atoms with E-state index in [1.807, 2.05) is 0 Å². The van der Waals surface area contributed by atoms with Gasteiger partial charge in [-0.05, 0) is 82.2 Å². The number of rotatable bonds is 47. The fourth-order valence-electron chi connectivity index (χ4n) is 9.19.